The minimum Gasteiger partial charge on any atom is -0.347 e. The van der Waals surface area contributed by atoms with Gasteiger partial charge in [0.05, 0.1) is 5.02 Å². The number of benzene rings is 1. The maximum absolute atomic E-state index is 13.8. The highest BCUT2D eigenvalue weighted by Gasteiger charge is 2.35. The van der Waals surface area contributed by atoms with Crippen molar-refractivity contribution >= 4 is 17.5 Å². The molecule has 0 radical (unpaired) electrons. The molecule has 0 bridgehead atoms. The van der Waals surface area contributed by atoms with Crippen molar-refractivity contribution in [1.82, 2.24) is 15.3 Å². The van der Waals surface area contributed by atoms with Crippen LogP contribution < -0.4 is 5.32 Å². The zero-order valence-electron chi connectivity index (χ0n) is 11.4. The highest BCUT2D eigenvalue weighted by Crippen LogP contribution is 2.38. The number of halogens is 3. The molecule has 1 aliphatic carbocycles. The minimum atomic E-state index is -0.617. The van der Waals surface area contributed by atoms with Crippen LogP contribution in [0.2, 0.25) is 5.02 Å². The Labute approximate surface area is 130 Å². The molecular weight excluding hydrogens is 312 g/mol. The molecule has 1 amide bonds. The van der Waals surface area contributed by atoms with Crippen LogP contribution in [0.15, 0.2) is 30.7 Å². The zero-order valence-corrected chi connectivity index (χ0v) is 12.1. The molecule has 2 atom stereocenters. The Morgan fingerprint density at radius 3 is 2.77 bits per heavy atom. The lowest BCUT2D eigenvalue weighted by Gasteiger charge is -2.37. The normalized spacial score (nSPS) is 20.3. The first kappa shape index (κ1) is 14.8. The van der Waals surface area contributed by atoms with Gasteiger partial charge in [0.15, 0.2) is 0 Å². The third kappa shape index (κ3) is 2.78. The van der Waals surface area contributed by atoms with Gasteiger partial charge < -0.3 is 5.32 Å². The van der Waals surface area contributed by atoms with Crippen LogP contribution in [0, 0.1) is 11.6 Å². The Balaban J connectivity index is 1.74. The van der Waals surface area contributed by atoms with E-state index < -0.39 is 17.5 Å². The molecule has 114 valence electrons. The van der Waals surface area contributed by atoms with Gasteiger partial charge in [0, 0.05) is 24.2 Å². The molecule has 3 rings (SSSR count). The SMILES string of the molecule is O=C(N[C@H]1CC[C@H]1c1ccc(F)cc1F)c1ncncc1Cl. The van der Waals surface area contributed by atoms with Gasteiger partial charge in [-0.3, -0.25) is 4.79 Å². The molecule has 1 heterocycles. The summed E-state index contributed by atoms with van der Waals surface area (Å²) in [5, 5.41) is 2.95. The Hall–Kier alpha value is -2.08. The fraction of sp³-hybridized carbons (Fsp3) is 0.267. The van der Waals surface area contributed by atoms with Crippen molar-refractivity contribution < 1.29 is 13.6 Å². The van der Waals surface area contributed by atoms with E-state index in [1.807, 2.05) is 0 Å². The second-order valence-corrected chi connectivity index (χ2v) is 5.56. The Bertz CT molecular complexity index is 726. The third-order valence-corrected chi connectivity index (χ3v) is 4.11. The van der Waals surface area contributed by atoms with Gasteiger partial charge in [0.1, 0.15) is 23.7 Å². The van der Waals surface area contributed by atoms with Gasteiger partial charge in [-0.05, 0) is 24.5 Å². The van der Waals surface area contributed by atoms with Crippen LogP contribution >= 0.6 is 11.6 Å². The molecule has 2 aromatic rings. The predicted molar refractivity (Wildman–Crippen MR) is 76.6 cm³/mol. The molecule has 1 aliphatic rings. The van der Waals surface area contributed by atoms with E-state index in [4.69, 9.17) is 11.6 Å². The number of carbonyl (C=O) groups is 1. The van der Waals surface area contributed by atoms with Crippen molar-refractivity contribution in [3.05, 3.63) is 58.6 Å². The lowest BCUT2D eigenvalue weighted by Crippen LogP contribution is -2.46. The summed E-state index contributed by atoms with van der Waals surface area (Å²) in [5.74, 6) is -1.81. The summed E-state index contributed by atoms with van der Waals surface area (Å²) in [5.41, 5.74) is 0.494. The topological polar surface area (TPSA) is 54.9 Å². The van der Waals surface area contributed by atoms with Crippen molar-refractivity contribution in [1.29, 1.82) is 0 Å². The largest absolute Gasteiger partial charge is 0.347 e. The average Bonchev–Trinajstić information content (AvgIpc) is 2.46. The first-order valence-electron chi connectivity index (χ1n) is 6.77. The van der Waals surface area contributed by atoms with Gasteiger partial charge >= 0.3 is 0 Å². The number of hydrogen-bond acceptors (Lipinski definition) is 3. The number of nitrogens with one attached hydrogen (secondary N) is 1. The molecule has 0 saturated heterocycles. The lowest BCUT2D eigenvalue weighted by molar-refractivity contribution is 0.0898. The molecule has 4 nitrogen and oxygen atoms in total. The average molecular weight is 324 g/mol. The molecule has 1 saturated carbocycles. The quantitative estimate of drug-likeness (QED) is 0.944. The molecule has 22 heavy (non-hydrogen) atoms. The molecule has 1 fully saturated rings. The summed E-state index contributed by atoms with van der Waals surface area (Å²) in [4.78, 5) is 19.7. The van der Waals surface area contributed by atoms with Crippen molar-refractivity contribution in [2.24, 2.45) is 0 Å². The van der Waals surface area contributed by atoms with E-state index in [2.05, 4.69) is 15.3 Å². The molecule has 0 spiro atoms. The van der Waals surface area contributed by atoms with E-state index >= 15 is 0 Å². The third-order valence-electron chi connectivity index (χ3n) is 3.84. The van der Waals surface area contributed by atoms with Crippen LogP contribution in [-0.2, 0) is 0 Å². The molecule has 1 N–H and O–H groups in total. The van der Waals surface area contributed by atoms with Gasteiger partial charge in [-0.15, -0.1) is 0 Å². The smallest absolute Gasteiger partial charge is 0.271 e. The molecular formula is C15H12ClF2N3O. The Morgan fingerprint density at radius 2 is 2.14 bits per heavy atom. The Kier molecular flexibility index (Phi) is 4.02. The number of hydrogen-bond donors (Lipinski definition) is 1. The van der Waals surface area contributed by atoms with Crippen molar-refractivity contribution in [2.45, 2.75) is 24.8 Å². The van der Waals surface area contributed by atoms with E-state index in [0.29, 0.717) is 5.56 Å². The van der Waals surface area contributed by atoms with Gasteiger partial charge in [-0.25, -0.2) is 18.7 Å². The van der Waals surface area contributed by atoms with Gasteiger partial charge in [-0.1, -0.05) is 17.7 Å². The second-order valence-electron chi connectivity index (χ2n) is 5.15. The summed E-state index contributed by atoms with van der Waals surface area (Å²) in [7, 11) is 0. The number of amides is 1. The summed E-state index contributed by atoms with van der Waals surface area (Å²) in [6, 6.07) is 3.27. The predicted octanol–water partition coefficient (Wildman–Crippen LogP) is 3.08. The molecule has 0 aliphatic heterocycles. The van der Waals surface area contributed by atoms with Gasteiger partial charge in [-0.2, -0.15) is 0 Å². The van der Waals surface area contributed by atoms with E-state index in [-0.39, 0.29) is 22.7 Å². The summed E-state index contributed by atoms with van der Waals surface area (Å²) in [6.07, 6.45) is 4.01. The van der Waals surface area contributed by atoms with E-state index in [1.54, 1.807) is 0 Å². The monoisotopic (exact) mass is 323 g/mol. The number of rotatable bonds is 3. The van der Waals surface area contributed by atoms with Gasteiger partial charge in [0.2, 0.25) is 0 Å². The highest BCUT2D eigenvalue weighted by atomic mass is 35.5. The first-order valence-corrected chi connectivity index (χ1v) is 7.15. The van der Waals surface area contributed by atoms with Crippen molar-refractivity contribution in [3.8, 4) is 0 Å². The summed E-state index contributed by atoms with van der Waals surface area (Å²) in [6.45, 7) is 0. The van der Waals surface area contributed by atoms with Crippen LogP contribution in [0.3, 0.4) is 0 Å². The number of carbonyl (C=O) groups excluding carboxylic acids is 1. The van der Waals surface area contributed by atoms with Gasteiger partial charge in [0.25, 0.3) is 5.91 Å². The van der Waals surface area contributed by atoms with Crippen molar-refractivity contribution in [2.75, 3.05) is 0 Å². The number of nitrogens with zero attached hydrogens (tertiary/aromatic N) is 2. The van der Waals surface area contributed by atoms with Crippen LogP contribution in [0.1, 0.15) is 34.8 Å². The summed E-state index contributed by atoms with van der Waals surface area (Å²) < 4.78 is 26.8. The fourth-order valence-corrected chi connectivity index (χ4v) is 2.75. The molecule has 0 unspecified atom stereocenters. The number of aromatic nitrogens is 2. The maximum atomic E-state index is 13.8. The van der Waals surface area contributed by atoms with E-state index in [1.165, 1.54) is 24.7 Å². The van der Waals surface area contributed by atoms with Crippen molar-refractivity contribution in [3.63, 3.8) is 0 Å². The summed E-state index contributed by atoms with van der Waals surface area (Å²) >= 11 is 5.87. The standard InChI is InChI=1S/C15H12ClF2N3O/c16-11-6-19-7-20-14(11)15(22)21-13-4-3-10(13)9-2-1-8(17)5-12(9)18/h1-2,5-7,10,13H,3-4H2,(H,21,22)/t10-,13-/m0/s1. The Morgan fingerprint density at radius 1 is 1.32 bits per heavy atom. The van der Waals surface area contributed by atoms with Crippen LogP contribution in [0.5, 0.6) is 0 Å². The van der Waals surface area contributed by atoms with Crippen LogP contribution in [0.4, 0.5) is 8.78 Å². The van der Waals surface area contributed by atoms with Crippen LogP contribution in [-0.4, -0.2) is 21.9 Å². The lowest BCUT2D eigenvalue weighted by atomic mass is 9.74. The van der Waals surface area contributed by atoms with E-state index in [9.17, 15) is 13.6 Å². The second kappa shape index (κ2) is 5.96. The molecule has 1 aromatic heterocycles. The van der Waals surface area contributed by atoms with Crippen LogP contribution in [0.25, 0.3) is 0 Å². The maximum Gasteiger partial charge on any atom is 0.271 e. The zero-order chi connectivity index (χ0) is 15.7. The highest BCUT2D eigenvalue weighted by molar-refractivity contribution is 6.33. The minimum absolute atomic E-state index is 0.0851. The first-order chi connectivity index (χ1) is 10.6. The fourth-order valence-electron chi connectivity index (χ4n) is 2.56. The molecule has 1 aromatic carbocycles. The molecule has 7 heteroatoms. The van der Waals surface area contributed by atoms with E-state index in [0.717, 1.165) is 18.9 Å².